The van der Waals surface area contributed by atoms with Crippen LogP contribution in [0.2, 0.25) is 0 Å². The minimum absolute atomic E-state index is 0.345. The Kier molecular flexibility index (Phi) is 5.38. The average Bonchev–Trinajstić information content (AvgIpc) is 3.26. The van der Waals surface area contributed by atoms with Crippen molar-refractivity contribution in [3.8, 4) is 5.75 Å². The highest BCUT2D eigenvalue weighted by Gasteiger charge is 2.39. The predicted octanol–water partition coefficient (Wildman–Crippen LogP) is 2.67. The predicted molar refractivity (Wildman–Crippen MR) is 112 cm³/mol. The highest BCUT2D eigenvalue weighted by atomic mass is 16.5. The molecule has 3 aromatic rings. The zero-order chi connectivity index (χ0) is 21.1. The molecule has 0 saturated carbocycles. The van der Waals surface area contributed by atoms with E-state index >= 15 is 0 Å². The van der Waals surface area contributed by atoms with Crippen molar-refractivity contribution < 1.29 is 19.1 Å². The summed E-state index contributed by atoms with van der Waals surface area (Å²) in [7, 11) is 0. The number of rotatable bonds is 7. The van der Waals surface area contributed by atoms with E-state index < -0.39 is 23.9 Å². The summed E-state index contributed by atoms with van der Waals surface area (Å²) in [6.07, 6.45) is 2.19. The molecule has 2 heterocycles. The molecule has 154 valence electrons. The number of aromatic nitrogens is 1. The van der Waals surface area contributed by atoms with Gasteiger partial charge in [-0.1, -0.05) is 18.2 Å². The van der Waals surface area contributed by atoms with Crippen LogP contribution in [0.15, 0.2) is 54.7 Å². The summed E-state index contributed by atoms with van der Waals surface area (Å²) < 4.78 is 5.36. The number of nitrogens with one attached hydrogen (secondary N) is 3. The lowest BCUT2D eigenvalue weighted by Gasteiger charge is -2.13. The number of nitrogens with zero attached hydrogens (tertiary/aromatic N) is 1. The fourth-order valence-corrected chi connectivity index (χ4v) is 3.53. The molecule has 1 aliphatic rings. The van der Waals surface area contributed by atoms with E-state index in [4.69, 9.17) is 4.74 Å². The average molecular weight is 406 g/mol. The second-order valence-corrected chi connectivity index (χ2v) is 7.00. The number of carbonyl (C=O) groups excluding carboxylic acids is 3. The number of fused-ring (bicyclic) bond motifs is 1. The molecule has 0 spiro atoms. The molecule has 0 unspecified atom stereocenters. The Hall–Kier alpha value is -3.81. The molecule has 3 N–H and O–H groups in total. The van der Waals surface area contributed by atoms with E-state index in [9.17, 15) is 14.4 Å². The molecule has 1 atom stereocenters. The Morgan fingerprint density at radius 3 is 2.67 bits per heavy atom. The molecule has 2 aromatic carbocycles. The third-order valence-electron chi connectivity index (χ3n) is 4.96. The zero-order valence-electron chi connectivity index (χ0n) is 16.5. The van der Waals surface area contributed by atoms with Gasteiger partial charge in [-0.2, -0.15) is 0 Å². The maximum atomic E-state index is 12.7. The van der Waals surface area contributed by atoms with Crippen LogP contribution in [0.3, 0.4) is 0 Å². The van der Waals surface area contributed by atoms with Gasteiger partial charge in [0.05, 0.1) is 6.61 Å². The van der Waals surface area contributed by atoms with Crippen LogP contribution >= 0.6 is 0 Å². The number of H-pyrrole nitrogens is 1. The molecule has 30 heavy (non-hydrogen) atoms. The van der Waals surface area contributed by atoms with Crippen LogP contribution in [-0.2, 0) is 16.0 Å². The summed E-state index contributed by atoms with van der Waals surface area (Å²) in [6.45, 7) is 2.10. The number of ether oxygens (including phenoxy) is 1. The molecule has 1 saturated heterocycles. The molecule has 8 nitrogen and oxygen atoms in total. The molecule has 1 aliphatic heterocycles. The number of hydrogen-bond acceptors (Lipinski definition) is 4. The molecule has 0 aliphatic carbocycles. The standard InChI is InChI=1S/C22H22N4O4/c1-2-30-16-9-7-15(8-10-16)24-20(27)13-26-21(28)19(25-22(26)29)11-14-12-23-18-6-4-3-5-17(14)18/h3-10,12,19,23H,2,11,13H2,1H3,(H,24,27)(H,25,29)/t19-/m0/s1. The number of amides is 4. The van der Waals surface area contributed by atoms with Crippen LogP contribution in [0.1, 0.15) is 12.5 Å². The number of imide groups is 1. The van der Waals surface area contributed by atoms with E-state index in [-0.39, 0.29) is 6.54 Å². The van der Waals surface area contributed by atoms with Crippen LogP contribution in [-0.4, -0.2) is 46.9 Å². The lowest BCUT2D eigenvalue weighted by molar-refractivity contribution is -0.130. The topological polar surface area (TPSA) is 104 Å². The van der Waals surface area contributed by atoms with Crippen LogP contribution in [0.5, 0.6) is 5.75 Å². The number of benzene rings is 2. The van der Waals surface area contributed by atoms with Crippen LogP contribution in [0.25, 0.3) is 10.9 Å². The molecule has 8 heteroatoms. The lowest BCUT2D eigenvalue weighted by Crippen LogP contribution is -2.38. The Labute approximate surface area is 173 Å². The van der Waals surface area contributed by atoms with E-state index in [0.717, 1.165) is 21.4 Å². The van der Waals surface area contributed by atoms with Crippen molar-refractivity contribution in [1.29, 1.82) is 0 Å². The van der Waals surface area contributed by atoms with Crippen LogP contribution in [0, 0.1) is 0 Å². The molecule has 4 amide bonds. The highest BCUT2D eigenvalue weighted by molar-refractivity contribution is 6.08. The van der Waals surface area contributed by atoms with Gasteiger partial charge in [-0.25, -0.2) is 4.79 Å². The molecular formula is C22H22N4O4. The van der Waals surface area contributed by atoms with E-state index in [1.807, 2.05) is 37.4 Å². The van der Waals surface area contributed by atoms with Gasteiger partial charge in [-0.3, -0.25) is 14.5 Å². The van der Waals surface area contributed by atoms with Crippen molar-refractivity contribution in [3.63, 3.8) is 0 Å². The number of anilines is 1. The van der Waals surface area contributed by atoms with Crippen molar-refractivity contribution in [2.75, 3.05) is 18.5 Å². The number of carbonyl (C=O) groups is 3. The molecule has 4 rings (SSSR count). The summed E-state index contributed by atoms with van der Waals surface area (Å²) in [5.41, 5.74) is 2.46. The molecule has 1 fully saturated rings. The SMILES string of the molecule is CCOc1ccc(NC(=O)CN2C(=O)N[C@@H](Cc3c[nH]c4ccccc34)C2=O)cc1. The summed E-state index contributed by atoms with van der Waals surface area (Å²) in [4.78, 5) is 41.5. The van der Waals surface area contributed by atoms with Gasteiger partial charge in [0.2, 0.25) is 5.91 Å². The van der Waals surface area contributed by atoms with Crippen LogP contribution in [0.4, 0.5) is 10.5 Å². The number of urea groups is 1. The van der Waals surface area contributed by atoms with E-state index in [1.54, 1.807) is 24.3 Å². The first kappa shape index (κ1) is 19.5. The monoisotopic (exact) mass is 406 g/mol. The maximum absolute atomic E-state index is 12.7. The normalized spacial score (nSPS) is 16.0. The minimum atomic E-state index is -0.699. The summed E-state index contributed by atoms with van der Waals surface area (Å²) in [5.74, 6) is -0.160. The number of aromatic amines is 1. The Bertz CT molecular complexity index is 1090. The highest BCUT2D eigenvalue weighted by Crippen LogP contribution is 2.21. The molecule has 0 radical (unpaired) electrons. The van der Waals surface area contributed by atoms with Crippen molar-refractivity contribution in [2.45, 2.75) is 19.4 Å². The van der Waals surface area contributed by atoms with Gasteiger partial charge >= 0.3 is 6.03 Å². The fourth-order valence-electron chi connectivity index (χ4n) is 3.53. The largest absolute Gasteiger partial charge is 0.494 e. The van der Waals surface area contributed by atoms with Crippen molar-refractivity contribution in [1.82, 2.24) is 15.2 Å². The number of hydrogen-bond donors (Lipinski definition) is 3. The van der Waals surface area contributed by atoms with E-state index in [0.29, 0.717) is 24.5 Å². The van der Waals surface area contributed by atoms with E-state index in [2.05, 4.69) is 15.6 Å². The Morgan fingerprint density at radius 1 is 1.13 bits per heavy atom. The Balaban J connectivity index is 1.38. The van der Waals surface area contributed by atoms with E-state index in [1.165, 1.54) is 0 Å². The number of para-hydroxylation sites is 1. The molecule has 1 aromatic heterocycles. The molecular weight excluding hydrogens is 384 g/mol. The van der Waals surface area contributed by atoms with Gasteiger partial charge in [0.25, 0.3) is 5.91 Å². The van der Waals surface area contributed by atoms with Gasteiger partial charge < -0.3 is 20.4 Å². The quantitative estimate of drug-likeness (QED) is 0.525. The summed E-state index contributed by atoms with van der Waals surface area (Å²) >= 11 is 0. The van der Waals surface area contributed by atoms with Gasteiger partial charge in [-0.05, 0) is 42.8 Å². The van der Waals surface area contributed by atoms with Crippen molar-refractivity contribution in [3.05, 3.63) is 60.3 Å². The summed E-state index contributed by atoms with van der Waals surface area (Å²) in [6, 6.07) is 13.4. The van der Waals surface area contributed by atoms with Crippen molar-refractivity contribution in [2.24, 2.45) is 0 Å². The minimum Gasteiger partial charge on any atom is -0.494 e. The van der Waals surface area contributed by atoms with Gasteiger partial charge in [0.1, 0.15) is 18.3 Å². The fraction of sp³-hybridized carbons (Fsp3) is 0.227. The lowest BCUT2D eigenvalue weighted by atomic mass is 10.1. The maximum Gasteiger partial charge on any atom is 0.325 e. The van der Waals surface area contributed by atoms with Crippen molar-refractivity contribution >= 4 is 34.4 Å². The first-order valence-corrected chi connectivity index (χ1v) is 9.74. The second kappa shape index (κ2) is 8.28. The summed E-state index contributed by atoms with van der Waals surface area (Å²) in [5, 5.41) is 6.37. The smallest absolute Gasteiger partial charge is 0.325 e. The second-order valence-electron chi connectivity index (χ2n) is 7.00. The first-order chi connectivity index (χ1) is 14.5. The third-order valence-corrected chi connectivity index (χ3v) is 4.96. The van der Waals surface area contributed by atoms with Gasteiger partial charge in [0, 0.05) is 29.2 Å². The van der Waals surface area contributed by atoms with Gasteiger partial charge in [-0.15, -0.1) is 0 Å². The zero-order valence-corrected chi connectivity index (χ0v) is 16.5. The third kappa shape index (κ3) is 3.98. The van der Waals surface area contributed by atoms with Crippen LogP contribution < -0.4 is 15.4 Å². The first-order valence-electron chi connectivity index (χ1n) is 9.74. The Morgan fingerprint density at radius 2 is 1.90 bits per heavy atom. The van der Waals surface area contributed by atoms with Gasteiger partial charge in [0.15, 0.2) is 0 Å². The molecule has 0 bridgehead atoms.